The second-order valence-corrected chi connectivity index (χ2v) is 5.89. The number of nitrogens with one attached hydrogen (secondary N) is 2. The van der Waals surface area contributed by atoms with E-state index in [-0.39, 0.29) is 11.6 Å². The molecular formula is C13H27N3O. The second kappa shape index (κ2) is 6.24. The van der Waals surface area contributed by atoms with Crippen molar-refractivity contribution < 1.29 is 4.79 Å². The number of hydrogen-bond donors (Lipinski definition) is 2. The van der Waals surface area contributed by atoms with Crippen LogP contribution >= 0.6 is 0 Å². The first-order chi connectivity index (χ1) is 7.92. The van der Waals surface area contributed by atoms with Crippen molar-refractivity contribution in [2.24, 2.45) is 0 Å². The van der Waals surface area contributed by atoms with Gasteiger partial charge in [0.15, 0.2) is 0 Å². The Morgan fingerprint density at radius 3 is 2.35 bits per heavy atom. The molecule has 1 rings (SSSR count). The van der Waals surface area contributed by atoms with Crippen LogP contribution in [-0.4, -0.2) is 42.1 Å². The molecule has 0 aliphatic carbocycles. The minimum absolute atomic E-state index is 0.0982. The van der Waals surface area contributed by atoms with E-state index in [1.54, 1.807) is 0 Å². The maximum atomic E-state index is 11.7. The predicted molar refractivity (Wildman–Crippen MR) is 71.2 cm³/mol. The number of piperidine rings is 1. The lowest BCUT2D eigenvalue weighted by atomic mass is 10.0. The maximum Gasteiger partial charge on any atom is 0.317 e. The Bertz CT molecular complexity index is 240. The molecule has 0 bridgehead atoms. The average molecular weight is 241 g/mol. The quantitative estimate of drug-likeness (QED) is 0.793. The lowest BCUT2D eigenvalue weighted by molar-refractivity contribution is 0.170. The molecule has 1 aliphatic heterocycles. The molecule has 1 fully saturated rings. The highest BCUT2D eigenvalue weighted by atomic mass is 16.2. The zero-order chi connectivity index (χ0) is 12.9. The summed E-state index contributed by atoms with van der Waals surface area (Å²) in [4.78, 5) is 13.7. The topological polar surface area (TPSA) is 44.4 Å². The Labute approximate surface area is 105 Å². The van der Waals surface area contributed by atoms with E-state index < -0.39 is 0 Å². The summed E-state index contributed by atoms with van der Waals surface area (Å²) >= 11 is 0. The smallest absolute Gasteiger partial charge is 0.317 e. The molecule has 1 heterocycles. The van der Waals surface area contributed by atoms with Gasteiger partial charge in [-0.05, 0) is 40.0 Å². The summed E-state index contributed by atoms with van der Waals surface area (Å²) in [5.74, 6) is 0. The van der Waals surface area contributed by atoms with Crippen molar-refractivity contribution in [1.29, 1.82) is 0 Å². The van der Waals surface area contributed by atoms with Crippen LogP contribution in [0.5, 0.6) is 0 Å². The van der Waals surface area contributed by atoms with Gasteiger partial charge in [-0.1, -0.05) is 6.92 Å². The first-order valence-corrected chi connectivity index (χ1v) is 6.73. The average Bonchev–Trinajstić information content (AvgIpc) is 2.24. The first-order valence-electron chi connectivity index (χ1n) is 6.73. The third-order valence-corrected chi connectivity index (χ3v) is 2.95. The molecule has 0 aromatic rings. The van der Waals surface area contributed by atoms with Crippen molar-refractivity contribution in [3.05, 3.63) is 0 Å². The number of rotatable bonds is 3. The fourth-order valence-electron chi connectivity index (χ4n) is 2.18. The van der Waals surface area contributed by atoms with Crippen molar-refractivity contribution in [2.75, 3.05) is 19.6 Å². The zero-order valence-corrected chi connectivity index (χ0v) is 11.7. The molecule has 0 spiro atoms. The summed E-state index contributed by atoms with van der Waals surface area (Å²) in [7, 11) is 0. The molecular weight excluding hydrogens is 214 g/mol. The third-order valence-electron chi connectivity index (χ3n) is 2.95. The van der Waals surface area contributed by atoms with Gasteiger partial charge < -0.3 is 15.5 Å². The van der Waals surface area contributed by atoms with E-state index in [0.29, 0.717) is 6.04 Å². The van der Waals surface area contributed by atoms with Gasteiger partial charge in [-0.15, -0.1) is 0 Å². The lowest BCUT2D eigenvalue weighted by Crippen LogP contribution is -2.52. The van der Waals surface area contributed by atoms with E-state index in [0.717, 1.165) is 38.9 Å². The van der Waals surface area contributed by atoms with Crippen molar-refractivity contribution in [2.45, 2.75) is 58.5 Å². The largest absolute Gasteiger partial charge is 0.338 e. The van der Waals surface area contributed by atoms with Gasteiger partial charge in [-0.25, -0.2) is 4.79 Å². The Morgan fingerprint density at radius 1 is 1.29 bits per heavy atom. The molecule has 0 saturated carbocycles. The molecule has 0 aromatic heterocycles. The van der Waals surface area contributed by atoms with E-state index >= 15 is 0 Å². The van der Waals surface area contributed by atoms with Crippen LogP contribution in [0.25, 0.3) is 0 Å². The Kier molecular flexibility index (Phi) is 5.25. The highest BCUT2D eigenvalue weighted by molar-refractivity contribution is 5.74. The highest BCUT2D eigenvalue weighted by Gasteiger charge is 2.24. The predicted octanol–water partition coefficient (Wildman–Crippen LogP) is 1.96. The summed E-state index contributed by atoms with van der Waals surface area (Å²) < 4.78 is 0. The summed E-state index contributed by atoms with van der Waals surface area (Å²) in [6.45, 7) is 11.1. The molecule has 0 aromatic carbocycles. The molecule has 1 aliphatic rings. The van der Waals surface area contributed by atoms with Gasteiger partial charge in [0.05, 0.1) is 0 Å². The van der Waals surface area contributed by atoms with Crippen LogP contribution in [0, 0.1) is 0 Å². The van der Waals surface area contributed by atoms with Crippen LogP contribution in [0.3, 0.4) is 0 Å². The lowest BCUT2D eigenvalue weighted by Gasteiger charge is -2.36. The molecule has 0 radical (unpaired) electrons. The van der Waals surface area contributed by atoms with E-state index in [9.17, 15) is 4.79 Å². The first kappa shape index (κ1) is 14.3. The van der Waals surface area contributed by atoms with E-state index in [2.05, 4.69) is 38.3 Å². The van der Waals surface area contributed by atoms with Crippen molar-refractivity contribution in [1.82, 2.24) is 15.5 Å². The van der Waals surface area contributed by atoms with Crippen LogP contribution in [0.4, 0.5) is 4.79 Å². The van der Waals surface area contributed by atoms with Crippen LogP contribution in [0.2, 0.25) is 0 Å². The molecule has 0 atom stereocenters. The van der Waals surface area contributed by atoms with Gasteiger partial charge >= 0.3 is 6.03 Å². The van der Waals surface area contributed by atoms with Crippen LogP contribution in [-0.2, 0) is 0 Å². The Hall–Kier alpha value is -0.770. The van der Waals surface area contributed by atoms with Gasteiger partial charge in [-0.2, -0.15) is 0 Å². The minimum atomic E-state index is 0.0982. The van der Waals surface area contributed by atoms with E-state index in [1.165, 1.54) is 0 Å². The Morgan fingerprint density at radius 2 is 1.88 bits per heavy atom. The van der Waals surface area contributed by atoms with Crippen LogP contribution in [0.15, 0.2) is 0 Å². The molecule has 4 heteroatoms. The molecule has 1 saturated heterocycles. The number of carbonyl (C=O) groups excluding carboxylic acids is 1. The SMILES string of the molecule is CCCNC(=O)N1CCC(NC(C)(C)C)CC1. The number of nitrogens with zero attached hydrogens (tertiary/aromatic N) is 1. The minimum Gasteiger partial charge on any atom is -0.338 e. The van der Waals surface area contributed by atoms with Gasteiger partial charge in [-0.3, -0.25) is 0 Å². The fourth-order valence-corrected chi connectivity index (χ4v) is 2.18. The number of hydrogen-bond acceptors (Lipinski definition) is 2. The van der Waals surface area contributed by atoms with Gasteiger partial charge in [0.1, 0.15) is 0 Å². The summed E-state index contributed by atoms with van der Waals surface area (Å²) in [5.41, 5.74) is 0.164. The van der Waals surface area contributed by atoms with Gasteiger partial charge in [0, 0.05) is 31.2 Å². The normalized spacial score (nSPS) is 18.2. The van der Waals surface area contributed by atoms with E-state index in [4.69, 9.17) is 0 Å². The summed E-state index contributed by atoms with van der Waals surface area (Å²) in [5, 5.41) is 6.53. The zero-order valence-electron chi connectivity index (χ0n) is 11.7. The third kappa shape index (κ3) is 5.39. The highest BCUT2D eigenvalue weighted by Crippen LogP contribution is 2.13. The van der Waals surface area contributed by atoms with Crippen molar-refractivity contribution in [3.8, 4) is 0 Å². The second-order valence-electron chi connectivity index (χ2n) is 5.89. The summed E-state index contributed by atoms with van der Waals surface area (Å²) in [6.07, 6.45) is 3.10. The molecule has 2 amide bonds. The van der Waals surface area contributed by atoms with Crippen molar-refractivity contribution in [3.63, 3.8) is 0 Å². The molecule has 17 heavy (non-hydrogen) atoms. The molecule has 100 valence electrons. The van der Waals surface area contributed by atoms with Crippen LogP contribution in [0.1, 0.15) is 47.0 Å². The van der Waals surface area contributed by atoms with Gasteiger partial charge in [0.25, 0.3) is 0 Å². The van der Waals surface area contributed by atoms with E-state index in [1.807, 2.05) is 4.90 Å². The number of carbonyl (C=O) groups is 1. The van der Waals surface area contributed by atoms with Gasteiger partial charge in [0.2, 0.25) is 0 Å². The number of urea groups is 1. The monoisotopic (exact) mass is 241 g/mol. The fraction of sp³-hybridized carbons (Fsp3) is 0.923. The molecule has 4 nitrogen and oxygen atoms in total. The molecule has 2 N–H and O–H groups in total. The number of amides is 2. The molecule has 0 unspecified atom stereocenters. The standard InChI is InChI=1S/C13H27N3O/c1-5-8-14-12(17)16-9-6-11(7-10-16)15-13(2,3)4/h11,15H,5-10H2,1-4H3,(H,14,17). The van der Waals surface area contributed by atoms with Crippen LogP contribution < -0.4 is 10.6 Å². The maximum absolute atomic E-state index is 11.7. The van der Waals surface area contributed by atoms with Crippen molar-refractivity contribution >= 4 is 6.03 Å². The summed E-state index contributed by atoms with van der Waals surface area (Å²) in [6, 6.07) is 0.645. The Balaban J connectivity index is 2.28. The number of likely N-dealkylation sites (tertiary alicyclic amines) is 1.